The largest absolute Gasteiger partial charge is 0.389 e. The number of nitrogens with two attached hydrogens (primary N) is 1. The van der Waals surface area contributed by atoms with Gasteiger partial charge in [-0.3, -0.25) is 0 Å². The second-order valence-corrected chi connectivity index (χ2v) is 5.82. The number of hydrogen-bond acceptors (Lipinski definition) is 7. The minimum Gasteiger partial charge on any atom is -0.389 e. The van der Waals surface area contributed by atoms with Gasteiger partial charge in [-0.05, 0) is 6.26 Å². The van der Waals surface area contributed by atoms with Gasteiger partial charge >= 0.3 is 0 Å². The smallest absolute Gasteiger partial charge is 0.151 e. The number of H-pyrrole nitrogens is 1. The summed E-state index contributed by atoms with van der Waals surface area (Å²) in [5.74, 6) is 1.10. The number of fused-ring (bicyclic) bond motifs is 1. The fourth-order valence-electron chi connectivity index (χ4n) is 2.68. The van der Waals surface area contributed by atoms with E-state index >= 15 is 0 Å². The topological polar surface area (TPSA) is 120 Å². The van der Waals surface area contributed by atoms with Crippen molar-refractivity contribution >= 4 is 28.6 Å². The molecule has 0 saturated carbocycles. The zero-order valence-electron chi connectivity index (χ0n) is 10.9. The van der Waals surface area contributed by atoms with Crippen LogP contribution in [0.2, 0.25) is 0 Å². The van der Waals surface area contributed by atoms with Crippen molar-refractivity contribution in [3.05, 3.63) is 18.1 Å². The van der Waals surface area contributed by atoms with Crippen LogP contribution in [0.3, 0.4) is 0 Å². The Morgan fingerprint density at radius 1 is 1.35 bits per heavy atom. The van der Waals surface area contributed by atoms with E-state index < -0.39 is 12.2 Å². The van der Waals surface area contributed by atoms with Crippen LogP contribution in [-0.2, 0) is 0 Å². The predicted molar refractivity (Wildman–Crippen MR) is 78.4 cm³/mol. The van der Waals surface area contributed by atoms with Crippen molar-refractivity contribution in [1.29, 1.82) is 0 Å². The normalized spacial score (nSPS) is 30.1. The second-order valence-electron chi connectivity index (χ2n) is 4.91. The van der Waals surface area contributed by atoms with E-state index in [9.17, 15) is 10.2 Å². The van der Waals surface area contributed by atoms with Crippen molar-refractivity contribution in [2.75, 3.05) is 17.7 Å². The molecule has 3 rings (SSSR count). The van der Waals surface area contributed by atoms with Gasteiger partial charge in [0, 0.05) is 23.6 Å². The lowest BCUT2D eigenvalue weighted by molar-refractivity contribution is 0.0308. The first-order valence-corrected chi connectivity index (χ1v) is 7.71. The number of nitrogens with one attached hydrogen (secondary N) is 2. The van der Waals surface area contributed by atoms with Crippen LogP contribution in [0.25, 0.3) is 11.0 Å². The predicted octanol–water partition coefficient (Wildman–Crippen LogP) is -0.362. The first-order chi connectivity index (χ1) is 9.63. The number of anilines is 1. The zero-order chi connectivity index (χ0) is 14.3. The van der Waals surface area contributed by atoms with Crippen LogP contribution in [0.4, 0.5) is 5.82 Å². The molecule has 0 spiro atoms. The highest BCUT2D eigenvalue weighted by atomic mass is 32.2. The minimum absolute atomic E-state index is 0.144. The average molecular weight is 295 g/mol. The van der Waals surface area contributed by atoms with Gasteiger partial charge in [-0.25, -0.2) is 9.97 Å². The maximum absolute atomic E-state index is 10.2. The lowest BCUT2D eigenvalue weighted by atomic mass is 10.0. The molecule has 0 bridgehead atoms. The van der Waals surface area contributed by atoms with Crippen LogP contribution < -0.4 is 11.1 Å². The van der Waals surface area contributed by atoms with Crippen molar-refractivity contribution in [3.63, 3.8) is 0 Å². The summed E-state index contributed by atoms with van der Waals surface area (Å²) in [4.78, 5) is 11.2. The Labute approximate surface area is 120 Å². The number of thioether (sulfide) groups is 1. The number of aromatic nitrogens is 3. The van der Waals surface area contributed by atoms with Gasteiger partial charge < -0.3 is 26.2 Å². The van der Waals surface area contributed by atoms with Crippen molar-refractivity contribution in [2.24, 2.45) is 0 Å². The maximum Gasteiger partial charge on any atom is 0.151 e. The Morgan fingerprint density at radius 2 is 2.15 bits per heavy atom. The lowest BCUT2D eigenvalue weighted by Gasteiger charge is -2.14. The van der Waals surface area contributed by atoms with E-state index in [0.29, 0.717) is 16.9 Å². The average Bonchev–Trinajstić information content (AvgIpc) is 2.97. The molecule has 20 heavy (non-hydrogen) atoms. The summed E-state index contributed by atoms with van der Waals surface area (Å²) in [6.07, 6.45) is 3.45. The Kier molecular flexibility index (Phi) is 3.55. The monoisotopic (exact) mass is 295 g/mol. The number of rotatable bonds is 3. The summed E-state index contributed by atoms with van der Waals surface area (Å²) >= 11 is 1.62. The van der Waals surface area contributed by atoms with Gasteiger partial charge in [0.15, 0.2) is 5.82 Å². The van der Waals surface area contributed by atoms with Crippen LogP contribution in [0.15, 0.2) is 12.5 Å². The molecule has 1 aliphatic heterocycles. The molecule has 1 saturated heterocycles. The third kappa shape index (κ3) is 2.05. The highest BCUT2D eigenvalue weighted by molar-refractivity contribution is 7.98. The second kappa shape index (κ2) is 5.21. The van der Waals surface area contributed by atoms with Crippen LogP contribution in [0.5, 0.6) is 0 Å². The molecule has 2 aromatic heterocycles. The molecule has 3 heterocycles. The number of aliphatic hydroxyl groups is 2. The van der Waals surface area contributed by atoms with Gasteiger partial charge in [0.05, 0.1) is 17.7 Å². The molecule has 0 aliphatic carbocycles. The maximum atomic E-state index is 10.2. The Bertz CT molecular complexity index is 619. The minimum atomic E-state index is -0.873. The van der Waals surface area contributed by atoms with E-state index in [2.05, 4.69) is 20.3 Å². The molecule has 108 valence electrons. The number of nitrogen functional groups attached to an aromatic ring is 1. The molecule has 0 aromatic carbocycles. The molecular formula is C12H17N5O2S. The summed E-state index contributed by atoms with van der Waals surface area (Å²) in [5.41, 5.74) is 7.91. The van der Waals surface area contributed by atoms with E-state index in [1.54, 1.807) is 18.0 Å². The SMILES string of the molecule is CSC[C@H]1N[C@@H](c2c[nH]c3c(N)ncnc23)[C@@H](O)C1O. The summed E-state index contributed by atoms with van der Waals surface area (Å²) in [6, 6.07) is -0.515. The van der Waals surface area contributed by atoms with Gasteiger partial charge in [0.1, 0.15) is 17.9 Å². The van der Waals surface area contributed by atoms with E-state index in [-0.39, 0.29) is 12.1 Å². The molecule has 8 heteroatoms. The fraction of sp³-hybridized carbons (Fsp3) is 0.500. The van der Waals surface area contributed by atoms with E-state index in [1.165, 1.54) is 6.33 Å². The van der Waals surface area contributed by atoms with E-state index in [4.69, 9.17) is 5.73 Å². The van der Waals surface area contributed by atoms with E-state index in [0.717, 1.165) is 11.3 Å². The lowest BCUT2D eigenvalue weighted by Crippen LogP contribution is -2.34. The molecule has 0 amide bonds. The summed E-state index contributed by atoms with van der Waals surface area (Å²) in [6.45, 7) is 0. The van der Waals surface area contributed by atoms with Crippen molar-refractivity contribution in [3.8, 4) is 0 Å². The first kappa shape index (κ1) is 13.6. The number of aliphatic hydroxyl groups excluding tert-OH is 2. The molecule has 7 nitrogen and oxygen atoms in total. The molecule has 1 fully saturated rings. The summed E-state index contributed by atoms with van der Waals surface area (Å²) in [5, 5.41) is 23.6. The Balaban J connectivity index is 1.97. The van der Waals surface area contributed by atoms with Crippen LogP contribution in [0, 0.1) is 0 Å². The van der Waals surface area contributed by atoms with Crippen molar-refractivity contribution < 1.29 is 10.2 Å². The standard InChI is InChI=1S/C12H17N5O2S/c1-20-3-6-10(18)11(19)8(17-6)5-2-14-9-7(5)15-4-16-12(9)13/h2,4,6,8,10-11,14,17-19H,3H2,1H3,(H2,13,15,16)/t6-,8+,10?,11-/m1/s1. The van der Waals surface area contributed by atoms with Gasteiger partial charge in [0.2, 0.25) is 0 Å². The number of hydrogen-bond donors (Lipinski definition) is 5. The van der Waals surface area contributed by atoms with Crippen LogP contribution >= 0.6 is 11.8 Å². The summed E-state index contributed by atoms with van der Waals surface area (Å²) < 4.78 is 0. The molecule has 6 N–H and O–H groups in total. The molecular weight excluding hydrogens is 278 g/mol. The first-order valence-electron chi connectivity index (χ1n) is 6.32. The molecule has 2 aromatic rings. The van der Waals surface area contributed by atoms with Gasteiger partial charge in [-0.2, -0.15) is 11.8 Å². The molecule has 0 radical (unpaired) electrons. The van der Waals surface area contributed by atoms with Crippen molar-refractivity contribution in [2.45, 2.75) is 24.3 Å². The molecule has 1 unspecified atom stereocenters. The summed E-state index contributed by atoms with van der Waals surface area (Å²) in [7, 11) is 0. The highest BCUT2D eigenvalue weighted by Gasteiger charge is 2.42. The van der Waals surface area contributed by atoms with Gasteiger partial charge in [0.25, 0.3) is 0 Å². The highest BCUT2D eigenvalue weighted by Crippen LogP contribution is 2.33. The van der Waals surface area contributed by atoms with Crippen LogP contribution in [-0.4, -0.2) is 55.4 Å². The quantitative estimate of drug-likeness (QED) is 0.524. The third-order valence-electron chi connectivity index (χ3n) is 3.70. The molecule has 4 atom stereocenters. The van der Waals surface area contributed by atoms with Gasteiger partial charge in [-0.1, -0.05) is 0 Å². The van der Waals surface area contributed by atoms with Crippen molar-refractivity contribution in [1.82, 2.24) is 20.3 Å². The number of aromatic amines is 1. The van der Waals surface area contributed by atoms with E-state index in [1.807, 2.05) is 6.26 Å². The fourth-order valence-corrected chi connectivity index (χ4v) is 3.33. The van der Waals surface area contributed by atoms with Crippen LogP contribution in [0.1, 0.15) is 11.6 Å². The Hall–Kier alpha value is -1.35. The zero-order valence-corrected chi connectivity index (χ0v) is 11.8. The number of nitrogens with zero attached hydrogens (tertiary/aromatic N) is 2. The Morgan fingerprint density at radius 3 is 2.90 bits per heavy atom. The third-order valence-corrected chi connectivity index (χ3v) is 4.39. The molecule has 1 aliphatic rings. The van der Waals surface area contributed by atoms with Gasteiger partial charge in [-0.15, -0.1) is 0 Å².